The summed E-state index contributed by atoms with van der Waals surface area (Å²) in [6.45, 7) is 0. The highest BCUT2D eigenvalue weighted by atomic mass is 16.3. The summed E-state index contributed by atoms with van der Waals surface area (Å²) >= 11 is 0. The van der Waals surface area contributed by atoms with E-state index < -0.39 is 5.72 Å². The van der Waals surface area contributed by atoms with Crippen molar-refractivity contribution in [2.75, 3.05) is 5.32 Å². The number of H-pyrrole nitrogens is 1. The van der Waals surface area contributed by atoms with Crippen LogP contribution in [0.3, 0.4) is 0 Å². The Morgan fingerprint density at radius 1 is 1.56 bits per heavy atom. The summed E-state index contributed by atoms with van der Waals surface area (Å²) in [5.74, 6) is 0.274. The first kappa shape index (κ1) is 10.4. The topological polar surface area (TPSA) is 98.2 Å². The van der Waals surface area contributed by atoms with Gasteiger partial charge in [0.25, 0.3) is 5.56 Å². The molecular weight excluding hydrogens is 210 g/mol. The van der Waals surface area contributed by atoms with Gasteiger partial charge in [-0.3, -0.25) is 9.78 Å². The zero-order valence-electron chi connectivity index (χ0n) is 8.34. The number of hydrogen-bond acceptors (Lipinski definition) is 5. The molecule has 6 heteroatoms. The predicted octanol–water partition coefficient (Wildman–Crippen LogP) is 0.272. The molecule has 1 aliphatic carbocycles. The molecule has 0 aliphatic heterocycles. The summed E-state index contributed by atoms with van der Waals surface area (Å²) in [6, 6.07) is 1.28. The van der Waals surface area contributed by atoms with Crippen LogP contribution in [0.1, 0.15) is 6.42 Å². The first-order valence-electron chi connectivity index (χ1n) is 4.72. The lowest BCUT2D eigenvalue weighted by Gasteiger charge is -2.26. The maximum atomic E-state index is 11.0. The SMILES string of the molecule is O=c1ccnc(NC2(O)C=CC(O)=CC2)[nH]1. The highest BCUT2D eigenvalue weighted by Crippen LogP contribution is 2.20. The van der Waals surface area contributed by atoms with Gasteiger partial charge < -0.3 is 15.5 Å². The Balaban J connectivity index is 2.17. The Kier molecular flexibility index (Phi) is 2.49. The highest BCUT2D eigenvalue weighted by molar-refractivity contribution is 5.34. The van der Waals surface area contributed by atoms with Crippen molar-refractivity contribution < 1.29 is 10.2 Å². The monoisotopic (exact) mass is 221 g/mol. The molecule has 0 bridgehead atoms. The molecule has 1 atom stereocenters. The molecule has 0 spiro atoms. The van der Waals surface area contributed by atoms with E-state index in [1.807, 2.05) is 0 Å². The van der Waals surface area contributed by atoms with Gasteiger partial charge in [0.2, 0.25) is 5.95 Å². The third-order valence-corrected chi connectivity index (χ3v) is 2.16. The van der Waals surface area contributed by atoms with Crippen molar-refractivity contribution in [3.8, 4) is 0 Å². The minimum Gasteiger partial charge on any atom is -0.508 e. The van der Waals surface area contributed by atoms with Gasteiger partial charge >= 0.3 is 0 Å². The van der Waals surface area contributed by atoms with Crippen molar-refractivity contribution in [1.82, 2.24) is 9.97 Å². The first-order chi connectivity index (χ1) is 7.57. The lowest BCUT2D eigenvalue weighted by Crippen LogP contribution is -2.37. The third kappa shape index (κ3) is 2.29. The molecular formula is C10H11N3O3. The fourth-order valence-electron chi connectivity index (χ4n) is 1.35. The van der Waals surface area contributed by atoms with E-state index in [4.69, 9.17) is 5.11 Å². The minimum absolute atomic E-state index is 0.0981. The second-order valence-electron chi connectivity index (χ2n) is 3.50. The van der Waals surface area contributed by atoms with Gasteiger partial charge in [-0.15, -0.1) is 0 Å². The van der Waals surface area contributed by atoms with Crippen molar-refractivity contribution in [1.29, 1.82) is 0 Å². The Morgan fingerprint density at radius 2 is 2.38 bits per heavy atom. The van der Waals surface area contributed by atoms with Gasteiger partial charge in [0.1, 0.15) is 5.76 Å². The number of allylic oxidation sites excluding steroid dienone is 1. The van der Waals surface area contributed by atoms with Crippen LogP contribution in [-0.4, -0.2) is 25.9 Å². The van der Waals surface area contributed by atoms with Crippen LogP contribution >= 0.6 is 0 Å². The fourth-order valence-corrected chi connectivity index (χ4v) is 1.35. The van der Waals surface area contributed by atoms with Crippen LogP contribution in [0.5, 0.6) is 0 Å². The average Bonchev–Trinajstić information content (AvgIpc) is 2.23. The van der Waals surface area contributed by atoms with Crippen LogP contribution in [0.4, 0.5) is 5.95 Å². The first-order valence-corrected chi connectivity index (χ1v) is 4.72. The van der Waals surface area contributed by atoms with Crippen molar-refractivity contribution in [2.45, 2.75) is 12.1 Å². The molecule has 1 aromatic heterocycles. The molecule has 0 saturated heterocycles. The molecule has 0 radical (unpaired) electrons. The predicted molar refractivity (Wildman–Crippen MR) is 57.9 cm³/mol. The van der Waals surface area contributed by atoms with E-state index in [2.05, 4.69) is 15.3 Å². The average molecular weight is 221 g/mol. The van der Waals surface area contributed by atoms with Crippen LogP contribution in [0, 0.1) is 0 Å². The van der Waals surface area contributed by atoms with E-state index in [-0.39, 0.29) is 23.7 Å². The molecule has 16 heavy (non-hydrogen) atoms. The van der Waals surface area contributed by atoms with Crippen LogP contribution in [-0.2, 0) is 0 Å². The van der Waals surface area contributed by atoms with Gasteiger partial charge in [0.15, 0.2) is 5.72 Å². The lowest BCUT2D eigenvalue weighted by molar-refractivity contribution is 0.120. The van der Waals surface area contributed by atoms with Crippen LogP contribution in [0.2, 0.25) is 0 Å². The van der Waals surface area contributed by atoms with Crippen LogP contribution in [0.15, 0.2) is 41.0 Å². The van der Waals surface area contributed by atoms with Crippen molar-refractivity contribution >= 4 is 5.95 Å². The van der Waals surface area contributed by atoms with Crippen molar-refractivity contribution in [3.05, 3.63) is 46.6 Å². The van der Waals surface area contributed by atoms with E-state index >= 15 is 0 Å². The molecule has 2 rings (SSSR count). The fraction of sp³-hybridized carbons (Fsp3) is 0.200. The van der Waals surface area contributed by atoms with E-state index in [0.717, 1.165) is 0 Å². The molecule has 1 aliphatic rings. The standard InChI is InChI=1S/C10H11N3O3/c14-7-1-4-10(16,5-2-7)13-9-11-6-3-8(15)12-9/h1-4,6,14,16H,5H2,(H2,11,12,13,15). The number of nitrogens with zero attached hydrogens (tertiary/aromatic N) is 1. The molecule has 1 aromatic rings. The number of aromatic amines is 1. The molecule has 1 heterocycles. The number of aliphatic hydroxyl groups is 2. The second-order valence-corrected chi connectivity index (χ2v) is 3.50. The number of rotatable bonds is 2. The number of anilines is 1. The Morgan fingerprint density at radius 3 is 3.00 bits per heavy atom. The third-order valence-electron chi connectivity index (χ3n) is 2.16. The van der Waals surface area contributed by atoms with Gasteiger partial charge in [0.05, 0.1) is 0 Å². The summed E-state index contributed by atoms with van der Waals surface area (Å²) < 4.78 is 0. The molecule has 84 valence electrons. The van der Waals surface area contributed by atoms with Crippen molar-refractivity contribution in [2.24, 2.45) is 0 Å². The van der Waals surface area contributed by atoms with E-state index in [1.165, 1.54) is 30.5 Å². The maximum absolute atomic E-state index is 11.0. The van der Waals surface area contributed by atoms with Crippen LogP contribution in [0.25, 0.3) is 0 Å². The van der Waals surface area contributed by atoms with Gasteiger partial charge in [-0.1, -0.05) is 0 Å². The number of nitrogens with one attached hydrogen (secondary N) is 2. The minimum atomic E-state index is -1.34. The smallest absolute Gasteiger partial charge is 0.252 e. The van der Waals surface area contributed by atoms with Gasteiger partial charge in [0, 0.05) is 18.7 Å². The molecule has 0 amide bonds. The Hall–Kier alpha value is -2.08. The van der Waals surface area contributed by atoms with E-state index in [0.29, 0.717) is 0 Å². The summed E-state index contributed by atoms with van der Waals surface area (Å²) in [5.41, 5.74) is -1.65. The van der Waals surface area contributed by atoms with Gasteiger partial charge in [-0.05, 0) is 18.2 Å². The maximum Gasteiger partial charge on any atom is 0.252 e. The van der Waals surface area contributed by atoms with Gasteiger partial charge in [-0.25, -0.2) is 4.98 Å². The summed E-state index contributed by atoms with van der Waals surface area (Å²) in [5, 5.41) is 21.8. The number of aromatic nitrogens is 2. The molecule has 0 aromatic carbocycles. The summed E-state index contributed by atoms with van der Waals surface area (Å²) in [4.78, 5) is 17.3. The van der Waals surface area contributed by atoms with Crippen molar-refractivity contribution in [3.63, 3.8) is 0 Å². The highest BCUT2D eigenvalue weighted by Gasteiger charge is 2.25. The zero-order chi connectivity index (χ0) is 11.6. The normalized spacial score (nSPS) is 23.9. The van der Waals surface area contributed by atoms with E-state index in [9.17, 15) is 9.90 Å². The zero-order valence-corrected chi connectivity index (χ0v) is 8.34. The number of aliphatic hydroxyl groups excluding tert-OH is 1. The largest absolute Gasteiger partial charge is 0.508 e. The second kappa shape index (κ2) is 3.82. The Labute approximate surface area is 91.0 Å². The molecule has 6 nitrogen and oxygen atoms in total. The summed E-state index contributed by atoms with van der Waals surface area (Å²) in [7, 11) is 0. The molecule has 0 saturated carbocycles. The van der Waals surface area contributed by atoms with Gasteiger partial charge in [-0.2, -0.15) is 0 Å². The molecule has 4 N–H and O–H groups in total. The quantitative estimate of drug-likeness (QED) is 0.537. The molecule has 0 fully saturated rings. The lowest BCUT2D eigenvalue weighted by atomic mass is 10.0. The molecule has 1 unspecified atom stereocenters. The summed E-state index contributed by atoms with van der Waals surface area (Å²) in [6.07, 6.45) is 5.76. The number of hydrogen-bond donors (Lipinski definition) is 4. The van der Waals surface area contributed by atoms with Crippen LogP contribution < -0.4 is 10.9 Å². The Bertz CT molecular complexity index is 506. The van der Waals surface area contributed by atoms with E-state index in [1.54, 1.807) is 0 Å².